The van der Waals surface area contributed by atoms with Gasteiger partial charge in [-0.15, -0.1) is 0 Å². The molecule has 2 aromatic rings. The highest BCUT2D eigenvalue weighted by molar-refractivity contribution is 6.36. The molecule has 1 saturated heterocycles. The van der Waals surface area contributed by atoms with Gasteiger partial charge in [-0.05, 0) is 58.1 Å². The van der Waals surface area contributed by atoms with Gasteiger partial charge in [-0.1, -0.05) is 24.6 Å². The van der Waals surface area contributed by atoms with Crippen LogP contribution in [0.3, 0.4) is 0 Å². The monoisotopic (exact) mass is 523 g/mol. The summed E-state index contributed by atoms with van der Waals surface area (Å²) in [7, 11) is 1.60. The van der Waals surface area contributed by atoms with Gasteiger partial charge in [0.1, 0.15) is 5.60 Å². The molecule has 1 aromatic heterocycles. The van der Waals surface area contributed by atoms with Gasteiger partial charge in [0.15, 0.2) is 0 Å². The van der Waals surface area contributed by atoms with Gasteiger partial charge in [-0.2, -0.15) is 0 Å². The lowest BCUT2D eigenvalue weighted by atomic mass is 9.83. The molecule has 2 aliphatic rings. The Kier molecular flexibility index (Phi) is 7.30. The van der Waals surface area contributed by atoms with Crippen molar-refractivity contribution >= 4 is 34.5 Å². The Morgan fingerprint density at radius 2 is 1.97 bits per heavy atom. The van der Waals surface area contributed by atoms with E-state index in [9.17, 15) is 18.4 Å². The zero-order valence-electron chi connectivity index (χ0n) is 21.7. The number of rotatable bonds is 4. The van der Waals surface area contributed by atoms with Crippen molar-refractivity contribution in [1.82, 2.24) is 14.4 Å². The summed E-state index contributed by atoms with van der Waals surface area (Å²) in [5, 5.41) is 1.04. The molecule has 3 unspecified atom stereocenters. The summed E-state index contributed by atoms with van der Waals surface area (Å²) < 4.78 is 36.1. The number of halogens is 3. The number of likely N-dealkylation sites (tertiary alicyclic amines) is 1. The highest BCUT2D eigenvalue weighted by Gasteiger charge is 2.42. The molecule has 1 saturated carbocycles. The van der Waals surface area contributed by atoms with Gasteiger partial charge >= 0.3 is 6.09 Å². The van der Waals surface area contributed by atoms with Crippen LogP contribution in [0.2, 0.25) is 5.02 Å². The number of benzene rings is 1. The smallest absolute Gasteiger partial charge is 0.410 e. The summed E-state index contributed by atoms with van der Waals surface area (Å²) in [6.45, 7) is 8.42. The first-order valence-electron chi connectivity index (χ1n) is 12.7. The topological polar surface area (TPSA) is 54.8 Å². The first kappa shape index (κ1) is 26.7. The van der Waals surface area contributed by atoms with Crippen molar-refractivity contribution < 1.29 is 23.1 Å². The van der Waals surface area contributed by atoms with E-state index >= 15 is 0 Å². The maximum Gasteiger partial charge on any atom is 0.410 e. The second kappa shape index (κ2) is 9.84. The molecule has 6 nitrogen and oxygen atoms in total. The molecule has 2 heterocycles. The van der Waals surface area contributed by atoms with Crippen molar-refractivity contribution in [3.05, 3.63) is 35.0 Å². The molecule has 3 atom stereocenters. The third-order valence-electron chi connectivity index (χ3n) is 7.22. The largest absolute Gasteiger partial charge is 0.444 e. The van der Waals surface area contributed by atoms with E-state index in [0.29, 0.717) is 35.5 Å². The van der Waals surface area contributed by atoms with E-state index < -0.39 is 17.6 Å². The molecule has 36 heavy (non-hydrogen) atoms. The van der Waals surface area contributed by atoms with Crippen LogP contribution in [-0.4, -0.2) is 63.6 Å². The average Bonchev–Trinajstić information content (AvgIpc) is 3.36. The zero-order valence-corrected chi connectivity index (χ0v) is 22.4. The lowest BCUT2D eigenvalue weighted by molar-refractivity contribution is -0.0724. The van der Waals surface area contributed by atoms with Crippen molar-refractivity contribution in [1.29, 1.82) is 0 Å². The molecule has 1 aliphatic heterocycles. The van der Waals surface area contributed by atoms with Gasteiger partial charge in [0.25, 0.3) is 5.91 Å². The van der Waals surface area contributed by atoms with Gasteiger partial charge in [-0.25, -0.2) is 13.6 Å². The number of alkyl halides is 2. The Morgan fingerprint density at radius 1 is 1.25 bits per heavy atom. The number of ether oxygens (including phenoxy) is 1. The SMILES string of the molecule is CC1CC(N(C)C(=O)c2cn(CC3CCCN3C(=O)OC(C)(C)C)c3cccc(Cl)c23)CC(F)(F)C1. The molecule has 0 N–H and O–H groups in total. The van der Waals surface area contributed by atoms with Crippen LogP contribution in [0.4, 0.5) is 13.6 Å². The van der Waals surface area contributed by atoms with Crippen LogP contribution in [-0.2, 0) is 11.3 Å². The summed E-state index contributed by atoms with van der Waals surface area (Å²) >= 11 is 6.56. The van der Waals surface area contributed by atoms with Crippen LogP contribution in [0.25, 0.3) is 10.9 Å². The third kappa shape index (κ3) is 5.63. The molecule has 1 aromatic carbocycles. The molecule has 0 bridgehead atoms. The number of hydrogen-bond acceptors (Lipinski definition) is 3. The van der Waals surface area contributed by atoms with Crippen molar-refractivity contribution in [2.75, 3.05) is 13.6 Å². The second-order valence-corrected chi connectivity index (χ2v) is 11.9. The maximum atomic E-state index is 14.3. The molecular weight excluding hydrogens is 488 g/mol. The Bertz CT molecular complexity index is 1140. The number of carbonyl (C=O) groups excluding carboxylic acids is 2. The highest BCUT2D eigenvalue weighted by atomic mass is 35.5. The average molecular weight is 524 g/mol. The van der Waals surface area contributed by atoms with Gasteiger partial charge in [0, 0.05) is 50.6 Å². The summed E-state index contributed by atoms with van der Waals surface area (Å²) in [6, 6.07) is 4.80. The van der Waals surface area contributed by atoms with Crippen molar-refractivity contribution in [3.63, 3.8) is 0 Å². The van der Waals surface area contributed by atoms with Crippen molar-refractivity contribution in [3.8, 4) is 0 Å². The van der Waals surface area contributed by atoms with E-state index in [1.54, 1.807) is 31.1 Å². The van der Waals surface area contributed by atoms with Gasteiger partial charge < -0.3 is 19.1 Å². The Balaban J connectivity index is 1.62. The van der Waals surface area contributed by atoms with E-state index in [-0.39, 0.29) is 36.8 Å². The van der Waals surface area contributed by atoms with Crippen LogP contribution in [0.1, 0.15) is 70.2 Å². The minimum absolute atomic E-state index is 0.0898. The highest BCUT2D eigenvalue weighted by Crippen LogP contribution is 2.39. The van der Waals surface area contributed by atoms with Crippen molar-refractivity contribution in [2.45, 2.75) is 90.0 Å². The summed E-state index contributed by atoms with van der Waals surface area (Å²) in [4.78, 5) is 29.6. The predicted octanol–water partition coefficient (Wildman–Crippen LogP) is 6.59. The molecule has 2 amide bonds. The Hall–Kier alpha value is -2.35. The fourth-order valence-corrected chi connectivity index (χ4v) is 5.93. The second-order valence-electron chi connectivity index (χ2n) is 11.5. The third-order valence-corrected chi connectivity index (χ3v) is 7.54. The summed E-state index contributed by atoms with van der Waals surface area (Å²) in [6.07, 6.45) is 3.15. The molecule has 9 heteroatoms. The molecule has 0 radical (unpaired) electrons. The molecule has 2 fully saturated rings. The first-order valence-corrected chi connectivity index (χ1v) is 13.1. The lowest BCUT2D eigenvalue weighted by Gasteiger charge is -2.38. The Labute approximate surface area is 216 Å². The quantitative estimate of drug-likeness (QED) is 0.454. The standard InChI is InChI=1S/C27H36ClF2N3O3/c1-17-12-19(14-27(29,30)13-17)31(5)24(34)20-16-32(22-10-6-9-21(28)23(20)22)15-18-8-7-11-33(18)25(35)36-26(2,3)4/h6,9-10,16-19H,7-8,11-15H2,1-5H3. The zero-order chi connectivity index (χ0) is 26.4. The molecular formula is C27H36ClF2N3O3. The Morgan fingerprint density at radius 3 is 2.64 bits per heavy atom. The van der Waals surface area contributed by atoms with Crippen molar-refractivity contribution in [2.24, 2.45) is 5.92 Å². The minimum atomic E-state index is -2.78. The summed E-state index contributed by atoms with van der Waals surface area (Å²) in [5.41, 5.74) is 0.578. The van der Waals surface area contributed by atoms with Crippen LogP contribution in [0.15, 0.2) is 24.4 Å². The fraction of sp³-hybridized carbons (Fsp3) is 0.630. The van der Waals surface area contributed by atoms with Crippen LogP contribution in [0.5, 0.6) is 0 Å². The number of carbonyl (C=O) groups is 2. The van der Waals surface area contributed by atoms with Gasteiger partial charge in [-0.3, -0.25) is 4.79 Å². The van der Waals surface area contributed by atoms with E-state index in [1.165, 1.54) is 4.90 Å². The minimum Gasteiger partial charge on any atom is -0.444 e. The first-order chi connectivity index (χ1) is 16.8. The van der Waals surface area contributed by atoms with Crippen LogP contribution < -0.4 is 0 Å². The lowest BCUT2D eigenvalue weighted by Crippen LogP contribution is -2.45. The molecule has 1 aliphatic carbocycles. The maximum absolute atomic E-state index is 14.3. The van der Waals surface area contributed by atoms with Crippen LogP contribution in [0, 0.1) is 5.92 Å². The number of hydrogen-bond donors (Lipinski definition) is 0. The normalized spacial score (nSPS) is 24.2. The number of aromatic nitrogens is 1. The number of nitrogens with zero attached hydrogens (tertiary/aromatic N) is 3. The summed E-state index contributed by atoms with van der Waals surface area (Å²) in [5.74, 6) is -3.27. The van der Waals surface area contributed by atoms with E-state index in [4.69, 9.17) is 16.3 Å². The molecule has 198 valence electrons. The fourth-order valence-electron chi connectivity index (χ4n) is 5.66. The number of fused-ring (bicyclic) bond motifs is 1. The van der Waals surface area contributed by atoms with Gasteiger partial charge in [0.05, 0.1) is 22.1 Å². The molecule has 0 spiro atoms. The van der Waals surface area contributed by atoms with Crippen LogP contribution >= 0.6 is 11.6 Å². The van der Waals surface area contributed by atoms with E-state index in [1.807, 2.05) is 37.5 Å². The predicted molar refractivity (Wildman–Crippen MR) is 137 cm³/mol. The van der Waals surface area contributed by atoms with Gasteiger partial charge in [0.2, 0.25) is 5.92 Å². The van der Waals surface area contributed by atoms with E-state index in [2.05, 4.69) is 0 Å². The number of amides is 2. The molecule has 4 rings (SSSR count). The van der Waals surface area contributed by atoms with E-state index in [0.717, 1.165) is 18.4 Å².